The third-order valence-corrected chi connectivity index (χ3v) is 5.51. The molecule has 118 valence electrons. The zero-order chi connectivity index (χ0) is 16.8. The van der Waals surface area contributed by atoms with Crippen LogP contribution >= 0.6 is 0 Å². The van der Waals surface area contributed by atoms with Crippen LogP contribution in [0.25, 0.3) is 0 Å². The average molecular weight is 319 g/mol. The molecular formula is C12H17NO7S. The number of imide groups is 1. The van der Waals surface area contributed by atoms with Crippen LogP contribution < -0.4 is 0 Å². The van der Waals surface area contributed by atoms with E-state index in [4.69, 9.17) is 5.11 Å². The molecule has 0 aromatic heterocycles. The number of nitrogens with zero attached hydrogens (tertiary/aromatic N) is 1. The van der Waals surface area contributed by atoms with Gasteiger partial charge >= 0.3 is 5.97 Å². The van der Waals surface area contributed by atoms with Crippen molar-refractivity contribution < 1.29 is 32.5 Å². The number of carbonyl (C=O) groups excluding carboxylic acids is 2. The lowest BCUT2D eigenvalue weighted by molar-refractivity contribution is -0.152. The van der Waals surface area contributed by atoms with Crippen molar-refractivity contribution in [2.75, 3.05) is 0 Å². The molecule has 0 radical (unpaired) electrons. The molecule has 0 bridgehead atoms. The first-order valence-electron chi connectivity index (χ1n) is 6.00. The Morgan fingerprint density at radius 3 is 1.81 bits per heavy atom. The number of hydrogen-bond donors (Lipinski definition) is 2. The highest BCUT2D eigenvalue weighted by Gasteiger charge is 2.57. The van der Waals surface area contributed by atoms with Crippen molar-refractivity contribution in [3.8, 4) is 0 Å². The summed E-state index contributed by atoms with van der Waals surface area (Å²) in [5.41, 5.74) is -3.12. The van der Waals surface area contributed by atoms with Crippen LogP contribution in [0.4, 0.5) is 0 Å². The van der Waals surface area contributed by atoms with Crippen molar-refractivity contribution in [2.45, 2.75) is 38.5 Å². The number of carbonyl (C=O) groups is 3. The van der Waals surface area contributed by atoms with Gasteiger partial charge in [0.1, 0.15) is 0 Å². The first kappa shape index (κ1) is 17.3. The fraction of sp³-hybridized carbons (Fsp3) is 0.583. The van der Waals surface area contributed by atoms with E-state index in [1.807, 2.05) is 0 Å². The van der Waals surface area contributed by atoms with E-state index in [0.717, 1.165) is 17.1 Å². The van der Waals surface area contributed by atoms with Crippen LogP contribution in [0, 0.1) is 5.41 Å². The first-order chi connectivity index (χ1) is 9.24. The van der Waals surface area contributed by atoms with Gasteiger partial charge in [0, 0.05) is 17.6 Å². The number of aliphatic carboxylic acids is 1. The van der Waals surface area contributed by atoms with E-state index >= 15 is 0 Å². The molecule has 0 saturated carbocycles. The molecular weight excluding hydrogens is 302 g/mol. The van der Waals surface area contributed by atoms with Gasteiger partial charge in [-0.15, -0.1) is 0 Å². The molecule has 0 saturated heterocycles. The number of amides is 2. The highest BCUT2D eigenvalue weighted by atomic mass is 32.2. The standard InChI is InChI=1S/C12H17NO7S/c1-11(2,9(10(16)17)21(18,19)20)12(3,4)13-7(14)5-6-8(13)15/h5-6,9H,1-4H3,(H,16,17)(H,18,19,20). The summed E-state index contributed by atoms with van der Waals surface area (Å²) >= 11 is 0. The van der Waals surface area contributed by atoms with Crippen LogP contribution in [0.1, 0.15) is 27.7 Å². The molecule has 0 fully saturated rings. The lowest BCUT2D eigenvalue weighted by Crippen LogP contribution is -2.63. The smallest absolute Gasteiger partial charge is 0.325 e. The van der Waals surface area contributed by atoms with Crippen molar-refractivity contribution >= 4 is 27.9 Å². The molecule has 8 nitrogen and oxygen atoms in total. The topological polar surface area (TPSA) is 129 Å². The molecule has 21 heavy (non-hydrogen) atoms. The maximum atomic E-state index is 11.8. The number of hydrogen-bond acceptors (Lipinski definition) is 5. The van der Waals surface area contributed by atoms with Crippen molar-refractivity contribution in [1.82, 2.24) is 4.90 Å². The minimum atomic E-state index is -4.94. The Morgan fingerprint density at radius 2 is 1.52 bits per heavy atom. The van der Waals surface area contributed by atoms with Crippen LogP contribution in [0.3, 0.4) is 0 Å². The lowest BCUT2D eigenvalue weighted by Gasteiger charge is -2.48. The second-order valence-corrected chi connectivity index (χ2v) is 7.36. The second kappa shape index (κ2) is 4.92. The molecule has 1 unspecified atom stereocenters. The Morgan fingerprint density at radius 1 is 1.14 bits per heavy atom. The molecule has 1 heterocycles. The van der Waals surface area contributed by atoms with Gasteiger partial charge in [-0.1, -0.05) is 13.8 Å². The van der Waals surface area contributed by atoms with Gasteiger partial charge in [-0.05, 0) is 13.8 Å². The number of rotatable bonds is 5. The van der Waals surface area contributed by atoms with E-state index in [-0.39, 0.29) is 0 Å². The Kier molecular flexibility index (Phi) is 4.05. The monoisotopic (exact) mass is 319 g/mol. The van der Waals surface area contributed by atoms with Gasteiger partial charge in [-0.3, -0.25) is 23.8 Å². The maximum Gasteiger partial charge on any atom is 0.325 e. The zero-order valence-corrected chi connectivity index (χ0v) is 12.8. The van der Waals surface area contributed by atoms with E-state index in [0.29, 0.717) is 0 Å². The van der Waals surface area contributed by atoms with E-state index in [1.54, 1.807) is 0 Å². The summed E-state index contributed by atoms with van der Waals surface area (Å²) in [5.74, 6) is -3.10. The summed E-state index contributed by atoms with van der Waals surface area (Å²) < 4.78 is 32.0. The highest BCUT2D eigenvalue weighted by Crippen LogP contribution is 2.42. The maximum absolute atomic E-state index is 11.8. The van der Waals surface area contributed by atoms with E-state index in [9.17, 15) is 27.4 Å². The quantitative estimate of drug-likeness (QED) is 0.541. The predicted octanol–water partition coefficient (Wildman–Crippen LogP) is 0.0572. The van der Waals surface area contributed by atoms with Crippen LogP contribution in [-0.4, -0.2) is 51.5 Å². The van der Waals surface area contributed by atoms with Gasteiger partial charge in [-0.2, -0.15) is 8.42 Å². The van der Waals surface area contributed by atoms with E-state index < -0.39 is 44.1 Å². The third kappa shape index (κ3) is 2.70. The molecule has 0 aliphatic carbocycles. The Hall–Kier alpha value is -1.74. The Balaban J connectivity index is 3.42. The minimum Gasteiger partial charge on any atom is -0.480 e. The molecule has 1 aliphatic heterocycles. The van der Waals surface area contributed by atoms with Gasteiger partial charge in [-0.25, -0.2) is 0 Å². The zero-order valence-electron chi connectivity index (χ0n) is 12.0. The Bertz CT molecular complexity index is 612. The molecule has 1 aliphatic rings. The summed E-state index contributed by atoms with van der Waals surface area (Å²) in [7, 11) is -4.94. The molecule has 1 rings (SSSR count). The van der Waals surface area contributed by atoms with Gasteiger partial charge in [0.2, 0.25) is 0 Å². The van der Waals surface area contributed by atoms with E-state index in [1.165, 1.54) is 27.7 Å². The molecule has 0 spiro atoms. The van der Waals surface area contributed by atoms with Crippen molar-refractivity contribution in [3.05, 3.63) is 12.2 Å². The molecule has 0 aromatic carbocycles. The number of carboxylic acid groups (broad SMARTS) is 1. The summed E-state index contributed by atoms with van der Waals surface area (Å²) in [6.07, 6.45) is 2.03. The summed E-state index contributed by atoms with van der Waals surface area (Å²) in [6.45, 7) is 5.27. The lowest BCUT2D eigenvalue weighted by atomic mass is 9.70. The first-order valence-corrected chi connectivity index (χ1v) is 7.50. The largest absolute Gasteiger partial charge is 0.480 e. The van der Waals surface area contributed by atoms with Crippen molar-refractivity contribution in [2.24, 2.45) is 5.41 Å². The second-order valence-electron chi connectivity index (χ2n) is 5.86. The SMILES string of the molecule is CC(C)(C(C(=O)O)S(=O)(=O)O)C(C)(C)N1C(=O)C=CC1=O. The molecule has 2 N–H and O–H groups in total. The minimum absolute atomic E-state index is 0.669. The van der Waals surface area contributed by atoms with Crippen LogP contribution in [0.5, 0.6) is 0 Å². The normalized spacial score (nSPS) is 18.2. The van der Waals surface area contributed by atoms with Crippen LogP contribution in [-0.2, 0) is 24.5 Å². The van der Waals surface area contributed by atoms with Crippen molar-refractivity contribution in [3.63, 3.8) is 0 Å². The van der Waals surface area contributed by atoms with Crippen LogP contribution in [0.2, 0.25) is 0 Å². The molecule has 2 amide bonds. The van der Waals surface area contributed by atoms with Gasteiger partial charge in [0.25, 0.3) is 21.9 Å². The fourth-order valence-electron chi connectivity index (χ4n) is 2.37. The van der Waals surface area contributed by atoms with Gasteiger partial charge in [0.15, 0.2) is 5.25 Å². The summed E-state index contributed by atoms with van der Waals surface area (Å²) in [5, 5.41) is 6.95. The van der Waals surface area contributed by atoms with E-state index in [2.05, 4.69) is 0 Å². The third-order valence-electron chi connectivity index (χ3n) is 4.12. The fourth-order valence-corrected chi connectivity index (χ4v) is 3.66. The average Bonchev–Trinajstić information content (AvgIpc) is 2.54. The Labute approximate surface area is 122 Å². The summed E-state index contributed by atoms with van der Waals surface area (Å²) in [6, 6.07) is 0. The summed E-state index contributed by atoms with van der Waals surface area (Å²) in [4.78, 5) is 35.6. The van der Waals surface area contributed by atoms with Crippen LogP contribution in [0.15, 0.2) is 12.2 Å². The number of carboxylic acids is 1. The molecule has 1 atom stereocenters. The molecule has 9 heteroatoms. The van der Waals surface area contributed by atoms with Gasteiger partial charge in [0.05, 0.1) is 5.54 Å². The predicted molar refractivity (Wildman–Crippen MR) is 71.8 cm³/mol. The molecule has 0 aromatic rings. The van der Waals surface area contributed by atoms with Gasteiger partial charge < -0.3 is 5.11 Å². The highest BCUT2D eigenvalue weighted by molar-refractivity contribution is 7.87. The van der Waals surface area contributed by atoms with Crippen molar-refractivity contribution in [1.29, 1.82) is 0 Å².